The minimum atomic E-state index is 0.134. The van der Waals surface area contributed by atoms with Gasteiger partial charge in [0, 0.05) is 11.5 Å². The highest BCUT2D eigenvalue weighted by molar-refractivity contribution is 5.98. The van der Waals surface area contributed by atoms with E-state index in [-0.39, 0.29) is 5.41 Å². The first-order valence-corrected chi connectivity index (χ1v) is 7.95. The first-order valence-electron chi connectivity index (χ1n) is 7.95. The summed E-state index contributed by atoms with van der Waals surface area (Å²) in [5.41, 5.74) is 3.84. The van der Waals surface area contributed by atoms with Crippen LogP contribution in [0.5, 0.6) is 0 Å². The third-order valence-electron chi connectivity index (χ3n) is 4.16. The summed E-state index contributed by atoms with van der Waals surface area (Å²) in [6.45, 7) is 11.1. The fourth-order valence-electron chi connectivity index (χ4n) is 2.95. The van der Waals surface area contributed by atoms with Crippen molar-refractivity contribution in [3.8, 4) is 11.3 Å². The van der Waals surface area contributed by atoms with Crippen molar-refractivity contribution in [2.75, 3.05) is 0 Å². The number of nitrogens with one attached hydrogen (secondary N) is 1. The van der Waals surface area contributed by atoms with Crippen molar-refractivity contribution in [3.05, 3.63) is 54.0 Å². The van der Waals surface area contributed by atoms with E-state index in [1.807, 2.05) is 6.20 Å². The summed E-state index contributed by atoms with van der Waals surface area (Å²) in [6.07, 6.45) is 1.95. The van der Waals surface area contributed by atoms with Crippen LogP contribution in [0.2, 0.25) is 0 Å². The van der Waals surface area contributed by atoms with Crippen LogP contribution in [0, 0.1) is 0 Å². The molecule has 1 heterocycles. The Morgan fingerprint density at radius 3 is 2.23 bits per heavy atom. The maximum absolute atomic E-state index is 4.51. The van der Waals surface area contributed by atoms with Gasteiger partial charge in [-0.15, -0.1) is 0 Å². The van der Waals surface area contributed by atoms with E-state index >= 15 is 0 Å². The second-order valence-electron chi connectivity index (χ2n) is 7.29. The van der Waals surface area contributed by atoms with Gasteiger partial charge in [-0.25, -0.2) is 4.98 Å². The van der Waals surface area contributed by atoms with Crippen molar-refractivity contribution in [1.29, 1.82) is 0 Å². The summed E-state index contributed by atoms with van der Waals surface area (Å²) in [5.74, 6) is 1.45. The van der Waals surface area contributed by atoms with Crippen LogP contribution in [0.4, 0.5) is 0 Å². The largest absolute Gasteiger partial charge is 0.342 e. The maximum atomic E-state index is 4.51. The van der Waals surface area contributed by atoms with Gasteiger partial charge < -0.3 is 4.98 Å². The van der Waals surface area contributed by atoms with Crippen LogP contribution in [0.1, 0.15) is 51.9 Å². The summed E-state index contributed by atoms with van der Waals surface area (Å²) in [5, 5.41) is 2.61. The molecule has 2 nitrogen and oxygen atoms in total. The van der Waals surface area contributed by atoms with Crippen molar-refractivity contribution in [3.63, 3.8) is 0 Å². The number of aromatic amines is 1. The van der Waals surface area contributed by atoms with Gasteiger partial charge in [-0.2, -0.15) is 0 Å². The van der Waals surface area contributed by atoms with Crippen LogP contribution < -0.4 is 0 Å². The Kier molecular flexibility index (Phi) is 3.56. The van der Waals surface area contributed by atoms with E-state index in [9.17, 15) is 0 Å². The molecule has 0 spiro atoms. The summed E-state index contributed by atoms with van der Waals surface area (Å²) >= 11 is 0. The predicted octanol–water partition coefficient (Wildman–Crippen LogP) is 5.65. The average Bonchev–Trinajstić information content (AvgIpc) is 2.94. The molecular weight excluding hydrogens is 268 g/mol. The second kappa shape index (κ2) is 5.28. The quantitative estimate of drug-likeness (QED) is 0.649. The lowest BCUT2D eigenvalue weighted by Gasteiger charge is -2.22. The van der Waals surface area contributed by atoms with E-state index in [0.717, 1.165) is 11.5 Å². The molecule has 0 radical (unpaired) electrons. The van der Waals surface area contributed by atoms with Crippen molar-refractivity contribution >= 4 is 10.8 Å². The Morgan fingerprint density at radius 1 is 0.955 bits per heavy atom. The summed E-state index contributed by atoms with van der Waals surface area (Å²) in [7, 11) is 0. The van der Waals surface area contributed by atoms with Crippen molar-refractivity contribution < 1.29 is 0 Å². The molecule has 1 N–H and O–H groups in total. The van der Waals surface area contributed by atoms with Gasteiger partial charge in [0.2, 0.25) is 0 Å². The van der Waals surface area contributed by atoms with E-state index in [0.29, 0.717) is 5.92 Å². The minimum Gasteiger partial charge on any atom is -0.342 e. The van der Waals surface area contributed by atoms with E-state index in [4.69, 9.17) is 0 Å². The van der Waals surface area contributed by atoms with Crippen molar-refractivity contribution in [2.45, 2.75) is 46.0 Å². The van der Waals surface area contributed by atoms with Gasteiger partial charge in [0.1, 0.15) is 5.82 Å². The lowest BCUT2D eigenvalue weighted by atomic mass is 9.82. The molecule has 2 aromatic carbocycles. The van der Waals surface area contributed by atoms with Gasteiger partial charge in [-0.1, -0.05) is 71.0 Å². The molecule has 0 amide bonds. The van der Waals surface area contributed by atoms with Crippen molar-refractivity contribution in [1.82, 2.24) is 9.97 Å². The zero-order valence-electron chi connectivity index (χ0n) is 14.1. The second-order valence-corrected chi connectivity index (χ2v) is 7.29. The van der Waals surface area contributed by atoms with Gasteiger partial charge in [0.05, 0.1) is 11.9 Å². The maximum Gasteiger partial charge on any atom is 0.109 e. The molecule has 0 aliphatic rings. The molecule has 3 aromatic rings. The van der Waals surface area contributed by atoms with E-state index in [1.54, 1.807) is 0 Å². The minimum absolute atomic E-state index is 0.134. The van der Waals surface area contributed by atoms with Crippen LogP contribution in [-0.4, -0.2) is 9.97 Å². The molecule has 2 heteroatoms. The number of aromatic nitrogens is 2. The number of H-pyrrole nitrogens is 1. The molecule has 0 bridgehead atoms. The highest BCUT2D eigenvalue weighted by Gasteiger charge is 2.18. The van der Waals surface area contributed by atoms with Gasteiger partial charge >= 0.3 is 0 Å². The Balaban J connectivity index is 2.23. The molecule has 0 unspecified atom stereocenters. The molecule has 0 fully saturated rings. The Bertz CT molecular complexity index is 804. The van der Waals surface area contributed by atoms with Crippen LogP contribution >= 0.6 is 0 Å². The number of benzene rings is 2. The predicted molar refractivity (Wildman–Crippen MR) is 94.3 cm³/mol. The normalized spacial score (nSPS) is 12.3. The third-order valence-corrected chi connectivity index (χ3v) is 4.16. The lowest BCUT2D eigenvalue weighted by molar-refractivity contribution is 0.596. The molecule has 0 aliphatic carbocycles. The highest BCUT2D eigenvalue weighted by atomic mass is 14.9. The number of fused-ring (bicyclic) bond motifs is 1. The van der Waals surface area contributed by atoms with Gasteiger partial charge in [-0.05, 0) is 21.8 Å². The SMILES string of the molecule is CC(C)c1ncc(-c2ccc(C(C)(C)C)c3ccccc23)[nH]1. The molecule has 0 atom stereocenters. The standard InChI is InChI=1S/C20H24N2/c1-13(2)19-21-12-18(22-19)16-10-11-17(20(3,4)5)15-9-7-6-8-14(15)16/h6-13H,1-5H3,(H,21,22). The number of rotatable bonds is 2. The zero-order chi connectivity index (χ0) is 15.9. The fourth-order valence-corrected chi connectivity index (χ4v) is 2.95. The van der Waals surface area contributed by atoms with Gasteiger partial charge in [-0.3, -0.25) is 0 Å². The molecule has 3 rings (SSSR count). The zero-order valence-corrected chi connectivity index (χ0v) is 14.1. The molecular formula is C20H24N2. The first kappa shape index (κ1) is 14.8. The topological polar surface area (TPSA) is 28.7 Å². The highest BCUT2D eigenvalue weighted by Crippen LogP contribution is 2.35. The van der Waals surface area contributed by atoms with Gasteiger partial charge in [0.25, 0.3) is 0 Å². The Labute approximate surface area is 132 Å². The summed E-state index contributed by atoms with van der Waals surface area (Å²) < 4.78 is 0. The van der Waals surface area contributed by atoms with E-state index in [2.05, 4.69) is 81.0 Å². The van der Waals surface area contributed by atoms with Gasteiger partial charge in [0.15, 0.2) is 0 Å². The number of hydrogen-bond donors (Lipinski definition) is 1. The van der Waals surface area contributed by atoms with Crippen LogP contribution in [0.15, 0.2) is 42.6 Å². The van der Waals surface area contributed by atoms with Crippen LogP contribution in [-0.2, 0) is 5.41 Å². The number of nitrogens with zero attached hydrogens (tertiary/aromatic N) is 1. The average molecular weight is 292 g/mol. The summed E-state index contributed by atoms with van der Waals surface area (Å²) in [4.78, 5) is 7.98. The number of hydrogen-bond acceptors (Lipinski definition) is 1. The molecule has 1 aromatic heterocycles. The first-order chi connectivity index (χ1) is 10.4. The monoisotopic (exact) mass is 292 g/mol. The lowest BCUT2D eigenvalue weighted by Crippen LogP contribution is -2.11. The van der Waals surface area contributed by atoms with Crippen LogP contribution in [0.3, 0.4) is 0 Å². The summed E-state index contributed by atoms with van der Waals surface area (Å²) in [6, 6.07) is 13.1. The molecule has 0 saturated heterocycles. The molecule has 22 heavy (non-hydrogen) atoms. The van der Waals surface area contributed by atoms with Crippen molar-refractivity contribution in [2.24, 2.45) is 0 Å². The smallest absolute Gasteiger partial charge is 0.109 e. The Hall–Kier alpha value is -2.09. The molecule has 0 saturated carbocycles. The fraction of sp³-hybridized carbons (Fsp3) is 0.350. The Morgan fingerprint density at radius 2 is 1.64 bits per heavy atom. The third kappa shape index (κ3) is 2.54. The molecule has 0 aliphatic heterocycles. The van der Waals surface area contributed by atoms with Crippen LogP contribution in [0.25, 0.3) is 22.0 Å². The molecule has 114 valence electrons. The van der Waals surface area contributed by atoms with E-state index in [1.165, 1.54) is 21.9 Å². The van der Waals surface area contributed by atoms with E-state index < -0.39 is 0 Å². The number of imidazole rings is 1.